The predicted octanol–water partition coefficient (Wildman–Crippen LogP) is 4.07. The second kappa shape index (κ2) is 7.31. The lowest BCUT2D eigenvalue weighted by atomic mass is 9.98. The van der Waals surface area contributed by atoms with Gasteiger partial charge in [0.2, 0.25) is 0 Å². The fraction of sp³-hybridized carbons (Fsp3) is 0.333. The number of ether oxygens (including phenoxy) is 1. The summed E-state index contributed by atoms with van der Waals surface area (Å²) in [6.07, 6.45) is 0. The van der Waals surface area contributed by atoms with Crippen molar-refractivity contribution in [2.24, 2.45) is 5.73 Å². The summed E-state index contributed by atoms with van der Waals surface area (Å²) in [4.78, 5) is 2.20. The normalized spacial score (nSPS) is 10.3. The van der Waals surface area contributed by atoms with Gasteiger partial charge in [0.25, 0.3) is 0 Å². The first-order valence-corrected chi connectivity index (χ1v) is 7.92. The lowest BCUT2D eigenvalue weighted by molar-refractivity contribution is 0.309. The molecule has 2 N–H and O–H groups in total. The molecule has 1 aromatic heterocycles. The fourth-order valence-corrected chi connectivity index (χ4v) is 3.00. The summed E-state index contributed by atoms with van der Waals surface area (Å²) in [6.45, 7) is 7.52. The monoisotopic (exact) mass is 299 g/mol. The van der Waals surface area contributed by atoms with Crippen molar-refractivity contribution < 1.29 is 4.74 Å². The lowest BCUT2D eigenvalue weighted by Crippen LogP contribution is -1.96. The Bertz CT molecular complexity index is 661. The average Bonchev–Trinajstić information content (AvgIpc) is 2.90. The van der Waals surface area contributed by atoms with Gasteiger partial charge in [0.1, 0.15) is 12.4 Å². The summed E-state index contributed by atoms with van der Waals surface area (Å²) >= 11 is 1.65. The molecule has 3 heteroatoms. The number of nitrogens with two attached hydrogens (primary N) is 1. The molecule has 0 spiro atoms. The summed E-state index contributed by atoms with van der Waals surface area (Å²) in [5, 5.41) is 0. The molecule has 21 heavy (non-hydrogen) atoms. The number of benzene rings is 1. The molecule has 0 fully saturated rings. The Labute approximate surface area is 131 Å². The number of rotatable bonds is 4. The van der Waals surface area contributed by atoms with Gasteiger partial charge in [-0.3, -0.25) is 0 Å². The van der Waals surface area contributed by atoms with E-state index in [4.69, 9.17) is 10.5 Å². The van der Waals surface area contributed by atoms with E-state index in [2.05, 4.69) is 50.8 Å². The first-order chi connectivity index (χ1) is 10.1. The molecule has 2 nitrogen and oxygen atoms in total. The second-order valence-corrected chi connectivity index (χ2v) is 6.40. The van der Waals surface area contributed by atoms with Gasteiger partial charge in [-0.25, -0.2) is 0 Å². The molecule has 0 saturated carbocycles. The zero-order valence-corrected chi connectivity index (χ0v) is 13.6. The van der Waals surface area contributed by atoms with E-state index in [0.29, 0.717) is 19.1 Å². The van der Waals surface area contributed by atoms with Crippen LogP contribution in [0.15, 0.2) is 30.3 Å². The highest BCUT2D eigenvalue weighted by molar-refractivity contribution is 7.12. The number of hydrogen-bond donors (Lipinski definition) is 1. The van der Waals surface area contributed by atoms with E-state index in [1.54, 1.807) is 11.3 Å². The Hall–Kier alpha value is -1.76. The third kappa shape index (κ3) is 4.35. The van der Waals surface area contributed by atoms with Crippen LogP contribution in [0.5, 0.6) is 5.75 Å². The van der Waals surface area contributed by atoms with Crippen LogP contribution in [0.2, 0.25) is 0 Å². The molecule has 0 aliphatic heterocycles. The molecule has 0 atom stereocenters. The van der Waals surface area contributed by atoms with Gasteiger partial charge in [0.05, 0.1) is 11.4 Å². The van der Waals surface area contributed by atoms with E-state index >= 15 is 0 Å². The molecule has 0 aliphatic carbocycles. The minimum absolute atomic E-state index is 0.394. The Morgan fingerprint density at radius 1 is 1.24 bits per heavy atom. The molecule has 0 amide bonds. The van der Waals surface area contributed by atoms with E-state index in [0.717, 1.165) is 10.6 Å². The van der Waals surface area contributed by atoms with E-state index in [-0.39, 0.29) is 0 Å². The van der Waals surface area contributed by atoms with Crippen LogP contribution in [0.3, 0.4) is 0 Å². The maximum atomic E-state index is 5.86. The minimum Gasteiger partial charge on any atom is -0.488 e. The van der Waals surface area contributed by atoms with Crippen LogP contribution in [0.4, 0.5) is 0 Å². The van der Waals surface area contributed by atoms with Crippen LogP contribution >= 0.6 is 11.3 Å². The van der Waals surface area contributed by atoms with Crippen LogP contribution in [0.25, 0.3) is 0 Å². The highest BCUT2D eigenvalue weighted by atomic mass is 32.1. The van der Waals surface area contributed by atoms with E-state index in [9.17, 15) is 0 Å². The molecule has 0 radical (unpaired) electrons. The Morgan fingerprint density at radius 3 is 2.71 bits per heavy atom. The largest absolute Gasteiger partial charge is 0.488 e. The molecule has 0 aliphatic rings. The standard InChI is InChI=1S/C18H21NOS/c1-13(2)18-9-6-15(11-14(18)3)20-12-17-8-7-16(21-17)5-4-10-19/h6-9,11,13H,10,12,19H2,1-3H3. The third-order valence-corrected chi connectivity index (χ3v) is 4.19. The SMILES string of the molecule is Cc1cc(OCc2ccc(C#CCN)s2)ccc1C(C)C. The number of thiophene rings is 1. The summed E-state index contributed by atoms with van der Waals surface area (Å²) in [5.41, 5.74) is 8.03. The van der Waals surface area contributed by atoms with Crippen molar-refractivity contribution in [1.82, 2.24) is 0 Å². The van der Waals surface area contributed by atoms with Gasteiger partial charge in [-0.2, -0.15) is 0 Å². The topological polar surface area (TPSA) is 35.2 Å². The van der Waals surface area contributed by atoms with Gasteiger partial charge < -0.3 is 10.5 Å². The van der Waals surface area contributed by atoms with Crippen molar-refractivity contribution in [2.75, 3.05) is 6.54 Å². The highest BCUT2D eigenvalue weighted by Crippen LogP contribution is 2.25. The molecule has 0 unspecified atom stereocenters. The third-order valence-electron chi connectivity index (χ3n) is 3.22. The second-order valence-electron chi connectivity index (χ2n) is 5.23. The predicted molar refractivity (Wildman–Crippen MR) is 89.9 cm³/mol. The van der Waals surface area contributed by atoms with Crippen LogP contribution in [-0.2, 0) is 6.61 Å². The zero-order valence-electron chi connectivity index (χ0n) is 12.8. The number of aryl methyl sites for hydroxylation is 1. The van der Waals surface area contributed by atoms with Crippen molar-refractivity contribution >= 4 is 11.3 Å². The van der Waals surface area contributed by atoms with Crippen LogP contribution in [0.1, 0.15) is 40.6 Å². The fourth-order valence-electron chi connectivity index (χ4n) is 2.20. The van der Waals surface area contributed by atoms with Gasteiger partial charge in [0, 0.05) is 4.88 Å². The maximum absolute atomic E-state index is 5.86. The molecule has 110 valence electrons. The first-order valence-electron chi connectivity index (χ1n) is 7.11. The highest BCUT2D eigenvalue weighted by Gasteiger charge is 2.05. The average molecular weight is 299 g/mol. The smallest absolute Gasteiger partial charge is 0.122 e. The van der Waals surface area contributed by atoms with Crippen LogP contribution in [0, 0.1) is 18.8 Å². The van der Waals surface area contributed by atoms with Gasteiger partial charge >= 0.3 is 0 Å². The van der Waals surface area contributed by atoms with E-state index in [1.807, 2.05) is 12.1 Å². The van der Waals surface area contributed by atoms with Crippen molar-refractivity contribution in [3.05, 3.63) is 51.2 Å². The van der Waals surface area contributed by atoms with Crippen molar-refractivity contribution in [3.8, 4) is 17.6 Å². The summed E-state index contributed by atoms with van der Waals surface area (Å²) in [6, 6.07) is 10.4. The van der Waals surface area contributed by atoms with Gasteiger partial charge in [0.15, 0.2) is 0 Å². The quantitative estimate of drug-likeness (QED) is 0.864. The Kier molecular flexibility index (Phi) is 5.44. The van der Waals surface area contributed by atoms with Crippen molar-refractivity contribution in [1.29, 1.82) is 0 Å². The van der Waals surface area contributed by atoms with Crippen molar-refractivity contribution in [2.45, 2.75) is 33.3 Å². The molecule has 0 saturated heterocycles. The van der Waals surface area contributed by atoms with Crippen LogP contribution in [-0.4, -0.2) is 6.54 Å². The lowest BCUT2D eigenvalue weighted by Gasteiger charge is -2.12. The summed E-state index contributed by atoms with van der Waals surface area (Å²) in [7, 11) is 0. The maximum Gasteiger partial charge on any atom is 0.122 e. The molecule has 0 bridgehead atoms. The van der Waals surface area contributed by atoms with Gasteiger partial charge in [-0.15, -0.1) is 11.3 Å². The molecule has 1 aromatic carbocycles. The molecular weight excluding hydrogens is 278 g/mol. The van der Waals surface area contributed by atoms with Crippen molar-refractivity contribution in [3.63, 3.8) is 0 Å². The molecule has 1 heterocycles. The summed E-state index contributed by atoms with van der Waals surface area (Å²) in [5.74, 6) is 7.36. The molecular formula is C18H21NOS. The number of hydrogen-bond acceptors (Lipinski definition) is 3. The van der Waals surface area contributed by atoms with E-state index < -0.39 is 0 Å². The van der Waals surface area contributed by atoms with Gasteiger partial charge in [-0.05, 0) is 48.2 Å². The molecule has 2 rings (SSSR count). The van der Waals surface area contributed by atoms with Crippen LogP contribution < -0.4 is 10.5 Å². The first kappa shape index (κ1) is 15.6. The Morgan fingerprint density at radius 2 is 2.05 bits per heavy atom. The Balaban J connectivity index is 2.00. The summed E-state index contributed by atoms with van der Waals surface area (Å²) < 4.78 is 5.86. The zero-order chi connectivity index (χ0) is 15.2. The van der Waals surface area contributed by atoms with E-state index in [1.165, 1.54) is 16.0 Å². The molecule has 2 aromatic rings. The minimum atomic E-state index is 0.394. The van der Waals surface area contributed by atoms with Gasteiger partial charge in [-0.1, -0.05) is 31.8 Å².